The summed E-state index contributed by atoms with van der Waals surface area (Å²) in [5.41, 5.74) is 1.11. The second-order valence-electron chi connectivity index (χ2n) is 3.37. The van der Waals surface area contributed by atoms with Gasteiger partial charge in [0.25, 0.3) is 0 Å². The number of carbonyl (C=O) groups is 1. The zero-order chi connectivity index (χ0) is 10.4. The van der Waals surface area contributed by atoms with Gasteiger partial charge in [0.05, 0.1) is 12.5 Å². The van der Waals surface area contributed by atoms with Crippen LogP contribution < -0.4 is 0 Å². The average molecular weight is 197 g/mol. The molecule has 0 aliphatic carbocycles. The zero-order valence-corrected chi connectivity index (χ0v) is 8.27. The Balaban J connectivity index is 2.16. The molecule has 4 heteroatoms. The van der Waals surface area contributed by atoms with Crippen LogP contribution in [0.1, 0.15) is 18.4 Å². The number of carboxylic acids is 1. The van der Waals surface area contributed by atoms with Crippen LogP contribution in [0.15, 0.2) is 23.0 Å². The van der Waals surface area contributed by atoms with Crippen molar-refractivity contribution >= 4 is 5.97 Å². The molecule has 0 unspecified atom stereocenters. The van der Waals surface area contributed by atoms with Crippen LogP contribution in [0.25, 0.3) is 0 Å². The molecule has 0 atom stereocenters. The molecule has 0 aromatic carbocycles. The van der Waals surface area contributed by atoms with E-state index in [1.165, 1.54) is 0 Å². The molecule has 0 spiro atoms. The van der Waals surface area contributed by atoms with Crippen molar-refractivity contribution in [1.29, 1.82) is 0 Å². The van der Waals surface area contributed by atoms with Crippen LogP contribution in [-0.2, 0) is 11.3 Å². The molecule has 0 saturated heterocycles. The Morgan fingerprint density at radius 3 is 3.00 bits per heavy atom. The van der Waals surface area contributed by atoms with Crippen molar-refractivity contribution in [3.05, 3.63) is 24.2 Å². The van der Waals surface area contributed by atoms with Crippen LogP contribution in [0.3, 0.4) is 0 Å². The molecule has 0 amide bonds. The third-order valence-electron chi connectivity index (χ3n) is 1.96. The number of carboxylic acid groups (broad SMARTS) is 1. The van der Waals surface area contributed by atoms with Crippen molar-refractivity contribution in [2.45, 2.75) is 19.4 Å². The van der Waals surface area contributed by atoms with Crippen molar-refractivity contribution in [1.82, 2.24) is 4.90 Å². The standard InChI is InChI=1S/C10H15NO3/c1-11(5-2-3-10(12)13)7-9-4-6-14-8-9/h4,6,8H,2-3,5,7H2,1H3,(H,12,13). The Bertz CT molecular complexity index is 269. The first-order chi connectivity index (χ1) is 6.68. The van der Waals surface area contributed by atoms with Crippen molar-refractivity contribution in [3.63, 3.8) is 0 Å². The second-order valence-corrected chi connectivity index (χ2v) is 3.37. The van der Waals surface area contributed by atoms with Gasteiger partial charge in [0.15, 0.2) is 0 Å². The maximum atomic E-state index is 10.3. The Morgan fingerprint density at radius 1 is 1.64 bits per heavy atom. The zero-order valence-electron chi connectivity index (χ0n) is 8.27. The smallest absolute Gasteiger partial charge is 0.303 e. The van der Waals surface area contributed by atoms with Gasteiger partial charge < -0.3 is 14.4 Å². The number of aliphatic carboxylic acids is 1. The number of nitrogens with zero attached hydrogens (tertiary/aromatic N) is 1. The van der Waals surface area contributed by atoms with Gasteiger partial charge in [-0.15, -0.1) is 0 Å². The predicted octanol–water partition coefficient (Wildman–Crippen LogP) is 1.58. The van der Waals surface area contributed by atoms with Crippen LogP contribution in [0.5, 0.6) is 0 Å². The number of furan rings is 1. The molecule has 4 nitrogen and oxygen atoms in total. The molecule has 1 aromatic rings. The third-order valence-corrected chi connectivity index (χ3v) is 1.96. The Kier molecular flexibility index (Phi) is 4.19. The summed E-state index contributed by atoms with van der Waals surface area (Å²) in [6.07, 6.45) is 4.26. The largest absolute Gasteiger partial charge is 0.481 e. The molecule has 14 heavy (non-hydrogen) atoms. The van der Waals surface area contributed by atoms with Crippen LogP contribution in [-0.4, -0.2) is 29.6 Å². The minimum Gasteiger partial charge on any atom is -0.481 e. The van der Waals surface area contributed by atoms with Crippen molar-refractivity contribution in [2.24, 2.45) is 0 Å². The molecule has 0 aliphatic rings. The fourth-order valence-corrected chi connectivity index (χ4v) is 1.27. The van der Waals surface area contributed by atoms with Crippen LogP contribution >= 0.6 is 0 Å². The molecule has 0 saturated carbocycles. The van der Waals surface area contributed by atoms with Gasteiger partial charge in [-0.1, -0.05) is 0 Å². The third kappa shape index (κ3) is 4.09. The maximum absolute atomic E-state index is 10.3. The first-order valence-corrected chi connectivity index (χ1v) is 4.60. The van der Waals surface area contributed by atoms with E-state index >= 15 is 0 Å². The quantitative estimate of drug-likeness (QED) is 0.752. The van der Waals surface area contributed by atoms with Gasteiger partial charge in [-0.05, 0) is 26.1 Å². The molecular formula is C10H15NO3. The van der Waals surface area contributed by atoms with Gasteiger partial charge in [0, 0.05) is 18.5 Å². The van der Waals surface area contributed by atoms with Gasteiger partial charge in [0.2, 0.25) is 0 Å². The van der Waals surface area contributed by atoms with E-state index in [0.717, 1.165) is 18.7 Å². The lowest BCUT2D eigenvalue weighted by atomic mass is 10.2. The molecule has 0 aliphatic heterocycles. The van der Waals surface area contributed by atoms with E-state index in [1.54, 1.807) is 12.5 Å². The van der Waals surface area contributed by atoms with E-state index in [1.807, 2.05) is 13.1 Å². The molecule has 1 N–H and O–H groups in total. The van der Waals surface area contributed by atoms with Crippen LogP contribution in [0.2, 0.25) is 0 Å². The molecule has 0 radical (unpaired) electrons. The van der Waals surface area contributed by atoms with E-state index in [2.05, 4.69) is 4.90 Å². The molecule has 0 bridgehead atoms. The Hall–Kier alpha value is -1.29. The number of hydrogen-bond acceptors (Lipinski definition) is 3. The van der Waals surface area contributed by atoms with Gasteiger partial charge >= 0.3 is 5.97 Å². The van der Waals surface area contributed by atoms with E-state index in [4.69, 9.17) is 9.52 Å². The first kappa shape index (κ1) is 10.8. The minimum atomic E-state index is -0.735. The van der Waals surface area contributed by atoms with Gasteiger partial charge in [-0.3, -0.25) is 4.79 Å². The van der Waals surface area contributed by atoms with Crippen LogP contribution in [0, 0.1) is 0 Å². The topological polar surface area (TPSA) is 53.7 Å². The molecule has 1 heterocycles. The highest BCUT2D eigenvalue weighted by atomic mass is 16.4. The lowest BCUT2D eigenvalue weighted by molar-refractivity contribution is -0.137. The Labute approximate surface area is 83.1 Å². The van der Waals surface area contributed by atoms with Gasteiger partial charge in [-0.2, -0.15) is 0 Å². The molecule has 1 rings (SSSR count). The van der Waals surface area contributed by atoms with E-state index in [0.29, 0.717) is 6.42 Å². The molecular weight excluding hydrogens is 182 g/mol. The van der Waals surface area contributed by atoms with Crippen molar-refractivity contribution in [3.8, 4) is 0 Å². The summed E-state index contributed by atoms with van der Waals surface area (Å²) >= 11 is 0. The summed E-state index contributed by atoms with van der Waals surface area (Å²) in [5.74, 6) is -0.735. The number of hydrogen-bond donors (Lipinski definition) is 1. The Morgan fingerprint density at radius 2 is 2.43 bits per heavy atom. The van der Waals surface area contributed by atoms with Crippen molar-refractivity contribution in [2.75, 3.05) is 13.6 Å². The summed E-state index contributed by atoms with van der Waals surface area (Å²) in [4.78, 5) is 12.3. The normalized spacial score (nSPS) is 10.7. The highest BCUT2D eigenvalue weighted by molar-refractivity contribution is 5.66. The lowest BCUT2D eigenvalue weighted by Gasteiger charge is -2.14. The first-order valence-electron chi connectivity index (χ1n) is 4.60. The summed E-state index contributed by atoms with van der Waals surface area (Å²) in [7, 11) is 1.97. The summed E-state index contributed by atoms with van der Waals surface area (Å²) in [6.45, 7) is 1.59. The summed E-state index contributed by atoms with van der Waals surface area (Å²) in [5, 5.41) is 8.45. The lowest BCUT2D eigenvalue weighted by Crippen LogP contribution is -2.19. The van der Waals surface area contributed by atoms with E-state index in [-0.39, 0.29) is 6.42 Å². The fraction of sp³-hybridized carbons (Fsp3) is 0.500. The van der Waals surface area contributed by atoms with Gasteiger partial charge in [-0.25, -0.2) is 0 Å². The second kappa shape index (κ2) is 5.44. The summed E-state index contributed by atoms with van der Waals surface area (Å²) in [6, 6.07) is 1.91. The maximum Gasteiger partial charge on any atom is 0.303 e. The SMILES string of the molecule is CN(CCCC(=O)O)Cc1ccoc1. The summed E-state index contributed by atoms with van der Waals surface area (Å²) < 4.78 is 4.94. The van der Waals surface area contributed by atoms with Crippen molar-refractivity contribution < 1.29 is 14.3 Å². The predicted molar refractivity (Wildman–Crippen MR) is 51.9 cm³/mol. The molecule has 0 fully saturated rings. The molecule has 78 valence electrons. The number of rotatable bonds is 6. The fourth-order valence-electron chi connectivity index (χ4n) is 1.27. The average Bonchev–Trinajstić information content (AvgIpc) is 2.56. The van der Waals surface area contributed by atoms with Crippen LogP contribution in [0.4, 0.5) is 0 Å². The highest BCUT2D eigenvalue weighted by Crippen LogP contribution is 2.04. The van der Waals surface area contributed by atoms with E-state index in [9.17, 15) is 4.79 Å². The van der Waals surface area contributed by atoms with Gasteiger partial charge in [0.1, 0.15) is 0 Å². The monoisotopic (exact) mass is 197 g/mol. The van der Waals surface area contributed by atoms with E-state index < -0.39 is 5.97 Å². The molecule has 1 aromatic heterocycles. The highest BCUT2D eigenvalue weighted by Gasteiger charge is 2.02. The minimum absolute atomic E-state index is 0.232.